The van der Waals surface area contributed by atoms with Crippen LogP contribution < -0.4 is 4.74 Å². The van der Waals surface area contributed by atoms with E-state index in [0.717, 1.165) is 5.56 Å². The van der Waals surface area contributed by atoms with E-state index in [1.165, 1.54) is 6.08 Å². The van der Waals surface area contributed by atoms with Crippen LogP contribution in [0.15, 0.2) is 89.4 Å². The zero-order chi connectivity index (χ0) is 18.4. The molecule has 0 aliphatic heterocycles. The first kappa shape index (κ1) is 17.8. The van der Waals surface area contributed by atoms with Crippen molar-refractivity contribution in [2.75, 3.05) is 0 Å². The van der Waals surface area contributed by atoms with Crippen molar-refractivity contribution in [1.82, 2.24) is 0 Å². The van der Waals surface area contributed by atoms with Crippen molar-refractivity contribution in [2.24, 2.45) is 0 Å². The van der Waals surface area contributed by atoms with Crippen LogP contribution in [-0.4, -0.2) is 11.8 Å². The van der Waals surface area contributed by atoms with Crippen molar-refractivity contribution >= 4 is 33.8 Å². The number of allylic oxidation sites excluding steroid dienone is 1. The molecule has 0 amide bonds. The van der Waals surface area contributed by atoms with Gasteiger partial charge in [-0.3, -0.25) is 4.79 Å². The summed E-state index contributed by atoms with van der Waals surface area (Å²) in [6, 6.07) is 23.1. The average Bonchev–Trinajstić information content (AvgIpc) is 2.68. The fraction of sp³-hybridized carbons (Fsp3) is 0. The van der Waals surface area contributed by atoms with E-state index in [0.29, 0.717) is 21.3 Å². The number of esters is 1. The summed E-state index contributed by atoms with van der Waals surface area (Å²) in [7, 11) is 0. The van der Waals surface area contributed by atoms with Gasteiger partial charge in [0.05, 0.1) is 5.56 Å². The molecule has 0 radical (unpaired) electrons. The maximum Gasteiger partial charge on any atom is 0.344 e. The zero-order valence-electron chi connectivity index (χ0n) is 13.8. The maximum atomic E-state index is 12.2. The lowest BCUT2D eigenvalue weighted by Crippen LogP contribution is -2.09. The third-order valence-corrected chi connectivity index (χ3v) is 4.36. The Balaban J connectivity index is 1.67. The molecule has 0 bridgehead atoms. The van der Waals surface area contributed by atoms with Gasteiger partial charge in [0.25, 0.3) is 0 Å². The van der Waals surface area contributed by atoms with Crippen LogP contribution in [0, 0.1) is 0 Å². The second-order valence-electron chi connectivity index (χ2n) is 5.50. The monoisotopic (exact) mass is 406 g/mol. The minimum atomic E-state index is -0.458. The Hall–Kier alpha value is -2.98. The maximum absolute atomic E-state index is 12.2. The lowest BCUT2D eigenvalue weighted by Gasteiger charge is -2.06. The largest absolute Gasteiger partial charge is 0.423 e. The molecule has 128 valence electrons. The fourth-order valence-electron chi connectivity index (χ4n) is 2.31. The second-order valence-corrected chi connectivity index (χ2v) is 6.36. The van der Waals surface area contributed by atoms with E-state index in [1.54, 1.807) is 48.5 Å². The summed E-state index contributed by atoms with van der Waals surface area (Å²) in [6.07, 6.45) is 3.29. The summed E-state index contributed by atoms with van der Waals surface area (Å²) in [6.45, 7) is 0. The highest BCUT2D eigenvalue weighted by Crippen LogP contribution is 2.20. The van der Waals surface area contributed by atoms with Crippen molar-refractivity contribution in [2.45, 2.75) is 0 Å². The van der Waals surface area contributed by atoms with Crippen LogP contribution in [0.25, 0.3) is 6.08 Å². The predicted molar refractivity (Wildman–Crippen MR) is 105 cm³/mol. The topological polar surface area (TPSA) is 43.4 Å². The molecule has 3 aromatic carbocycles. The van der Waals surface area contributed by atoms with Gasteiger partial charge in [-0.15, -0.1) is 0 Å². The number of carbonyl (C=O) groups is 2. The van der Waals surface area contributed by atoms with Crippen molar-refractivity contribution in [3.8, 4) is 5.75 Å². The van der Waals surface area contributed by atoms with E-state index < -0.39 is 5.97 Å². The number of carbonyl (C=O) groups excluding carboxylic acids is 2. The fourth-order valence-corrected chi connectivity index (χ4v) is 2.75. The zero-order valence-corrected chi connectivity index (χ0v) is 15.3. The highest BCUT2D eigenvalue weighted by atomic mass is 79.9. The molecule has 0 atom stereocenters. The van der Waals surface area contributed by atoms with Crippen molar-refractivity contribution in [1.29, 1.82) is 0 Å². The minimum Gasteiger partial charge on any atom is -0.423 e. The number of benzene rings is 3. The van der Waals surface area contributed by atoms with Crippen molar-refractivity contribution < 1.29 is 14.3 Å². The molecule has 0 heterocycles. The van der Waals surface area contributed by atoms with Gasteiger partial charge in [-0.1, -0.05) is 48.5 Å². The number of hydrogen-bond acceptors (Lipinski definition) is 3. The highest BCUT2D eigenvalue weighted by molar-refractivity contribution is 9.10. The van der Waals surface area contributed by atoms with E-state index in [2.05, 4.69) is 15.9 Å². The molecule has 26 heavy (non-hydrogen) atoms. The van der Waals surface area contributed by atoms with Gasteiger partial charge in [0.2, 0.25) is 0 Å². The quantitative estimate of drug-likeness (QED) is 0.241. The first-order chi connectivity index (χ1) is 12.6. The van der Waals surface area contributed by atoms with Gasteiger partial charge in [0.15, 0.2) is 5.78 Å². The Kier molecular flexibility index (Phi) is 5.77. The van der Waals surface area contributed by atoms with Gasteiger partial charge in [-0.25, -0.2) is 4.79 Å². The van der Waals surface area contributed by atoms with E-state index in [4.69, 9.17) is 4.74 Å². The van der Waals surface area contributed by atoms with E-state index >= 15 is 0 Å². The second kappa shape index (κ2) is 8.41. The molecule has 0 saturated carbocycles. The number of halogens is 1. The highest BCUT2D eigenvalue weighted by Gasteiger charge is 2.12. The number of rotatable bonds is 5. The smallest absolute Gasteiger partial charge is 0.344 e. The standard InChI is InChI=1S/C22H15BrO3/c23-20-9-5-4-8-19(20)22(25)26-18-13-11-17(12-14-18)21(24)15-10-16-6-2-1-3-7-16/h1-15H/b15-10+. The summed E-state index contributed by atoms with van der Waals surface area (Å²) in [4.78, 5) is 24.4. The Labute approximate surface area is 160 Å². The molecule has 0 saturated heterocycles. The Morgan fingerprint density at radius 2 is 1.46 bits per heavy atom. The van der Waals surface area contributed by atoms with Crippen LogP contribution >= 0.6 is 15.9 Å². The van der Waals surface area contributed by atoms with E-state index in [9.17, 15) is 9.59 Å². The predicted octanol–water partition coefficient (Wildman–Crippen LogP) is 5.56. The average molecular weight is 407 g/mol. The summed E-state index contributed by atoms with van der Waals surface area (Å²) >= 11 is 3.32. The SMILES string of the molecule is O=C(/C=C/c1ccccc1)c1ccc(OC(=O)c2ccccc2Br)cc1. The molecule has 0 spiro atoms. The van der Waals surface area contributed by atoms with Gasteiger partial charge in [-0.05, 0) is 64.0 Å². The van der Waals surface area contributed by atoms with Crippen LogP contribution in [0.2, 0.25) is 0 Å². The number of ketones is 1. The molecule has 0 fully saturated rings. The van der Waals surface area contributed by atoms with Gasteiger partial charge in [0.1, 0.15) is 5.75 Å². The van der Waals surface area contributed by atoms with E-state index in [-0.39, 0.29) is 5.78 Å². The summed E-state index contributed by atoms with van der Waals surface area (Å²) in [5.41, 5.74) is 1.93. The van der Waals surface area contributed by atoms with Crippen molar-refractivity contribution in [3.05, 3.63) is 106 Å². The lowest BCUT2D eigenvalue weighted by molar-refractivity contribution is 0.0733. The first-order valence-electron chi connectivity index (χ1n) is 7.98. The molecule has 3 aromatic rings. The Morgan fingerprint density at radius 3 is 2.15 bits per heavy atom. The third-order valence-electron chi connectivity index (χ3n) is 3.67. The van der Waals surface area contributed by atoms with Crippen LogP contribution in [0.5, 0.6) is 5.75 Å². The summed E-state index contributed by atoms with van der Waals surface area (Å²) in [5.74, 6) is -0.188. The van der Waals surface area contributed by atoms with Crippen LogP contribution in [0.3, 0.4) is 0 Å². The van der Waals surface area contributed by atoms with Crippen LogP contribution in [-0.2, 0) is 0 Å². The van der Waals surface area contributed by atoms with Gasteiger partial charge < -0.3 is 4.74 Å². The summed E-state index contributed by atoms with van der Waals surface area (Å²) < 4.78 is 6.02. The number of ether oxygens (including phenoxy) is 1. The van der Waals surface area contributed by atoms with Crippen LogP contribution in [0.1, 0.15) is 26.3 Å². The van der Waals surface area contributed by atoms with Gasteiger partial charge >= 0.3 is 5.97 Å². The molecule has 0 aliphatic rings. The van der Waals surface area contributed by atoms with Crippen LogP contribution in [0.4, 0.5) is 0 Å². The normalized spacial score (nSPS) is 10.7. The molecule has 0 aromatic heterocycles. The Bertz CT molecular complexity index is 945. The number of hydrogen-bond donors (Lipinski definition) is 0. The molecule has 0 aliphatic carbocycles. The third kappa shape index (κ3) is 4.55. The molecule has 3 rings (SSSR count). The lowest BCUT2D eigenvalue weighted by atomic mass is 10.1. The molecule has 4 heteroatoms. The first-order valence-corrected chi connectivity index (χ1v) is 8.77. The van der Waals surface area contributed by atoms with Crippen molar-refractivity contribution in [3.63, 3.8) is 0 Å². The molecular weight excluding hydrogens is 392 g/mol. The Morgan fingerprint density at radius 1 is 0.808 bits per heavy atom. The molecule has 0 N–H and O–H groups in total. The van der Waals surface area contributed by atoms with Gasteiger partial charge in [-0.2, -0.15) is 0 Å². The molecular formula is C22H15BrO3. The summed E-state index contributed by atoms with van der Waals surface area (Å²) in [5, 5.41) is 0. The van der Waals surface area contributed by atoms with E-state index in [1.807, 2.05) is 36.4 Å². The molecule has 3 nitrogen and oxygen atoms in total. The molecule has 0 unspecified atom stereocenters. The van der Waals surface area contributed by atoms with Gasteiger partial charge in [0, 0.05) is 10.0 Å². The minimum absolute atomic E-state index is 0.113.